The summed E-state index contributed by atoms with van der Waals surface area (Å²) >= 11 is 0. The molecule has 23 heteroatoms. The van der Waals surface area contributed by atoms with Crippen molar-refractivity contribution in [2.24, 2.45) is 11.8 Å². The minimum atomic E-state index is -1.00. The molecule has 23 nitrogen and oxygen atoms in total. The van der Waals surface area contributed by atoms with Gasteiger partial charge in [0.1, 0.15) is 18.7 Å². The molecule has 5 heterocycles. The molecule has 480 valence electrons. The molecule has 3 aliphatic heterocycles. The highest BCUT2D eigenvalue weighted by Gasteiger charge is 2.37. The van der Waals surface area contributed by atoms with Crippen LogP contribution in [0.1, 0.15) is 114 Å². The van der Waals surface area contributed by atoms with Gasteiger partial charge in [0.05, 0.1) is 24.0 Å². The number of likely N-dealkylation sites (N-methyl/N-ethyl adjacent to an activating group) is 1. The number of aromatic nitrogens is 4. The fourth-order valence-corrected chi connectivity index (χ4v) is 12.5. The molecule has 4 atom stereocenters. The molecule has 0 fully saturated rings. The SMILES string of the molecule is CC1C=CC(C[C@H](NC(=O)C(C)NC(=O)CCCCCN2C(=O)C=CC2=O)C(=O)NC2=CC=C(COC(=O)N(CCCN(C)CCN3C(=O)c4cccc5c(-n6ccnc6)ccc(c45)C3=O)CCN3C(=O)c4cccc5c(-n6ccnc6)ccc(c45)C3=O)CC2C)=CC1. The number of imide groups is 3. The van der Waals surface area contributed by atoms with E-state index in [-0.39, 0.29) is 75.8 Å². The number of imidazole rings is 2. The Kier molecular flexibility index (Phi) is 19.6. The van der Waals surface area contributed by atoms with Gasteiger partial charge in [-0.25, -0.2) is 14.8 Å². The number of nitrogens with zero attached hydrogens (tertiary/aromatic N) is 9. The first kappa shape index (κ1) is 64.1. The number of hydrogen-bond acceptors (Lipinski definition) is 14. The molecule has 0 spiro atoms. The van der Waals surface area contributed by atoms with Crippen molar-refractivity contribution in [3.8, 4) is 11.4 Å². The molecule has 0 radical (unpaired) electrons. The van der Waals surface area contributed by atoms with Crippen LogP contribution >= 0.6 is 0 Å². The summed E-state index contributed by atoms with van der Waals surface area (Å²) in [6, 6.07) is 15.9. The molecule has 5 aliphatic rings. The molecular formula is C70H74N12O11. The van der Waals surface area contributed by atoms with Gasteiger partial charge in [-0.2, -0.15) is 0 Å². The Morgan fingerprint density at radius 2 is 1.25 bits per heavy atom. The molecule has 3 unspecified atom stereocenters. The van der Waals surface area contributed by atoms with E-state index in [0.29, 0.717) is 95.2 Å². The average Bonchev–Trinajstić information content (AvgIpc) is 1.54. The number of hydrogen-bond donors (Lipinski definition) is 3. The standard InChI is InChI=1S/C70H74N12O11/c1-44-16-18-47(19-17-44)40-56(75-64(86)46(3)73-59(83)15-6-5-7-32-80-60(84)26-27-61(80)85)65(87)74-55-23-20-48(39-45(55)2)41-93-70(92)77(36-38-82-67(89)52-14-9-12-50-58(79-34-29-72-43-79)25-22-54(63(50)52)69(82)91)31-10-30-76(4)35-37-81-66(88)51-13-8-11-49-57(78-33-28-71-42-78)24-21-53(62(49)51)68(81)90/h8-9,11-14,16,18-29,33-34,42-46,56H,5-7,10,15,17,30-32,35-41H2,1-4H3,(H,73,83)(H,74,87)(H,75,86)/t44?,45?,46?,56-/m0/s1. The van der Waals surface area contributed by atoms with Gasteiger partial charge < -0.3 is 39.6 Å². The van der Waals surface area contributed by atoms with Gasteiger partial charge in [-0.1, -0.05) is 68.8 Å². The van der Waals surface area contributed by atoms with Crippen LogP contribution in [0.5, 0.6) is 0 Å². The minimum absolute atomic E-state index is 0.0596. The summed E-state index contributed by atoms with van der Waals surface area (Å²) < 4.78 is 9.67. The predicted molar refractivity (Wildman–Crippen MR) is 345 cm³/mol. The maximum Gasteiger partial charge on any atom is 0.410 e. The Morgan fingerprint density at radius 1 is 0.645 bits per heavy atom. The van der Waals surface area contributed by atoms with Gasteiger partial charge in [0.2, 0.25) is 17.7 Å². The van der Waals surface area contributed by atoms with E-state index in [2.05, 4.69) is 38.9 Å². The second kappa shape index (κ2) is 28.4. The molecule has 0 bridgehead atoms. The van der Waals surface area contributed by atoms with Gasteiger partial charge in [0, 0.05) is 144 Å². The highest BCUT2D eigenvalue weighted by Crippen LogP contribution is 2.36. The van der Waals surface area contributed by atoms with Crippen LogP contribution in [-0.2, 0) is 28.7 Å². The predicted octanol–water partition coefficient (Wildman–Crippen LogP) is 7.37. The zero-order chi connectivity index (χ0) is 65.4. The number of nitrogens with one attached hydrogen (secondary N) is 3. The molecule has 2 aliphatic carbocycles. The van der Waals surface area contributed by atoms with Crippen molar-refractivity contribution in [2.75, 3.05) is 59.5 Å². The Morgan fingerprint density at radius 3 is 1.82 bits per heavy atom. The largest absolute Gasteiger partial charge is 0.445 e. The molecule has 93 heavy (non-hydrogen) atoms. The average molecular weight is 1260 g/mol. The zero-order valence-corrected chi connectivity index (χ0v) is 52.4. The van der Waals surface area contributed by atoms with E-state index >= 15 is 0 Å². The van der Waals surface area contributed by atoms with E-state index in [9.17, 15) is 47.9 Å². The van der Waals surface area contributed by atoms with Gasteiger partial charge in [0.25, 0.3) is 35.4 Å². The van der Waals surface area contributed by atoms with Gasteiger partial charge >= 0.3 is 6.09 Å². The summed E-state index contributed by atoms with van der Waals surface area (Å²) in [5.74, 6) is -3.77. The van der Waals surface area contributed by atoms with Crippen LogP contribution in [-0.4, -0.2) is 174 Å². The lowest BCUT2D eigenvalue weighted by molar-refractivity contribution is -0.137. The molecule has 6 aromatic rings. The molecule has 4 aromatic carbocycles. The third-order valence-corrected chi connectivity index (χ3v) is 17.7. The lowest BCUT2D eigenvalue weighted by Gasteiger charge is -2.31. The van der Waals surface area contributed by atoms with Crippen LogP contribution in [0.15, 0.2) is 157 Å². The van der Waals surface area contributed by atoms with E-state index in [1.807, 2.05) is 64.4 Å². The number of ether oxygens (including phenoxy) is 1. The number of carbonyl (C=O) groups is 10. The molecule has 0 saturated heterocycles. The van der Waals surface area contributed by atoms with Gasteiger partial charge in [-0.3, -0.25) is 57.9 Å². The summed E-state index contributed by atoms with van der Waals surface area (Å²) in [5, 5.41) is 11.2. The minimum Gasteiger partial charge on any atom is -0.445 e. The van der Waals surface area contributed by atoms with Gasteiger partial charge in [-0.05, 0) is 112 Å². The van der Waals surface area contributed by atoms with Crippen molar-refractivity contribution in [2.45, 2.75) is 84.2 Å². The van der Waals surface area contributed by atoms with Gasteiger partial charge in [-0.15, -0.1) is 0 Å². The third kappa shape index (κ3) is 14.2. The van der Waals surface area contributed by atoms with Crippen LogP contribution in [0, 0.1) is 11.8 Å². The third-order valence-electron chi connectivity index (χ3n) is 17.7. The van der Waals surface area contributed by atoms with Crippen LogP contribution in [0.25, 0.3) is 32.9 Å². The molecule has 10 amide bonds. The Labute approximate surface area is 537 Å². The van der Waals surface area contributed by atoms with Crippen molar-refractivity contribution < 1.29 is 52.7 Å². The number of benzene rings is 4. The van der Waals surface area contributed by atoms with Crippen molar-refractivity contribution in [1.82, 2.24) is 59.6 Å². The van der Waals surface area contributed by atoms with Crippen molar-refractivity contribution in [1.29, 1.82) is 0 Å². The first-order chi connectivity index (χ1) is 44.9. The Hall–Kier alpha value is -10.4. The van der Waals surface area contributed by atoms with E-state index in [1.54, 1.807) is 92.9 Å². The highest BCUT2D eigenvalue weighted by molar-refractivity contribution is 6.27. The molecule has 3 N–H and O–H groups in total. The lowest BCUT2D eigenvalue weighted by Crippen LogP contribution is -2.53. The zero-order valence-electron chi connectivity index (χ0n) is 52.4. The number of rotatable bonds is 27. The summed E-state index contributed by atoms with van der Waals surface area (Å²) in [7, 11) is 1.86. The first-order valence-corrected chi connectivity index (χ1v) is 31.5. The monoisotopic (exact) mass is 1260 g/mol. The second-order valence-electron chi connectivity index (χ2n) is 24.3. The normalized spacial score (nSPS) is 17.5. The number of allylic oxidation sites excluding steroid dienone is 6. The van der Waals surface area contributed by atoms with Crippen LogP contribution in [0.3, 0.4) is 0 Å². The molecule has 2 aromatic heterocycles. The fraction of sp³-hybridized carbons (Fsp3) is 0.343. The van der Waals surface area contributed by atoms with E-state index in [4.69, 9.17) is 4.74 Å². The van der Waals surface area contributed by atoms with Crippen LogP contribution < -0.4 is 16.0 Å². The molecule has 11 rings (SSSR count). The van der Waals surface area contributed by atoms with Gasteiger partial charge in [0.15, 0.2) is 0 Å². The number of unbranched alkanes of at least 4 members (excludes halogenated alkanes) is 2. The van der Waals surface area contributed by atoms with Crippen molar-refractivity contribution in [3.05, 3.63) is 180 Å². The van der Waals surface area contributed by atoms with Crippen LogP contribution in [0.2, 0.25) is 0 Å². The van der Waals surface area contributed by atoms with E-state index in [1.165, 1.54) is 22.0 Å². The van der Waals surface area contributed by atoms with Crippen molar-refractivity contribution >= 4 is 80.8 Å². The van der Waals surface area contributed by atoms with E-state index in [0.717, 1.165) is 44.1 Å². The number of amides is 10. The second-order valence-corrected chi connectivity index (χ2v) is 24.3. The van der Waals surface area contributed by atoms with Crippen molar-refractivity contribution in [3.63, 3.8) is 0 Å². The smallest absolute Gasteiger partial charge is 0.410 e. The maximum atomic E-state index is 14.4. The topological polar surface area (TPSA) is 268 Å². The fourth-order valence-electron chi connectivity index (χ4n) is 12.5. The summed E-state index contributed by atoms with van der Waals surface area (Å²) in [6.45, 7) is 6.53. The summed E-state index contributed by atoms with van der Waals surface area (Å²) in [5.41, 5.74) is 5.33. The van der Waals surface area contributed by atoms with E-state index < -0.39 is 53.6 Å². The quantitative estimate of drug-likeness (QED) is 0.0336. The molecule has 0 saturated carbocycles. The maximum absolute atomic E-state index is 14.4. The molecular weight excluding hydrogens is 1180 g/mol. The summed E-state index contributed by atoms with van der Waals surface area (Å²) in [6.07, 6.45) is 25.1. The Bertz CT molecular complexity index is 4060. The lowest BCUT2D eigenvalue weighted by atomic mass is 9.92. The Balaban J connectivity index is 0.725. The van der Waals surface area contributed by atoms with Crippen LogP contribution in [0.4, 0.5) is 4.79 Å². The summed E-state index contributed by atoms with van der Waals surface area (Å²) in [4.78, 5) is 151. The highest BCUT2D eigenvalue weighted by atomic mass is 16.6. The first-order valence-electron chi connectivity index (χ1n) is 31.5. The number of carbonyl (C=O) groups excluding carboxylic acids is 10.